The van der Waals surface area contributed by atoms with Gasteiger partial charge in [0.1, 0.15) is 17.2 Å². The maximum absolute atomic E-state index is 11.2. The predicted molar refractivity (Wildman–Crippen MR) is 61.7 cm³/mol. The number of esters is 1. The van der Waals surface area contributed by atoms with Crippen molar-refractivity contribution in [2.24, 2.45) is 0 Å². The van der Waals surface area contributed by atoms with E-state index < -0.39 is 12.1 Å². The van der Waals surface area contributed by atoms with Crippen LogP contribution in [0.25, 0.3) is 0 Å². The topological polar surface area (TPSA) is 54.0 Å². The van der Waals surface area contributed by atoms with Gasteiger partial charge in [-0.05, 0) is 6.92 Å². The molecule has 0 amide bonds. The van der Waals surface area contributed by atoms with Gasteiger partial charge in [-0.1, -0.05) is 0 Å². The molecule has 1 rings (SSSR count). The zero-order chi connectivity index (χ0) is 12.8. The molecule has 0 saturated carbocycles. The van der Waals surface area contributed by atoms with E-state index in [0.29, 0.717) is 17.2 Å². The molecular formula is C12H16O5. The van der Waals surface area contributed by atoms with Gasteiger partial charge in [-0.2, -0.15) is 0 Å². The molecule has 0 fully saturated rings. The average Bonchev–Trinajstić information content (AvgIpc) is 2.36. The molecule has 1 aromatic rings. The molecule has 17 heavy (non-hydrogen) atoms. The van der Waals surface area contributed by atoms with E-state index in [1.165, 1.54) is 7.11 Å². The summed E-state index contributed by atoms with van der Waals surface area (Å²) in [6.45, 7) is 1.61. The highest BCUT2D eigenvalue weighted by atomic mass is 16.6. The first-order chi connectivity index (χ1) is 8.10. The van der Waals surface area contributed by atoms with E-state index in [1.54, 1.807) is 39.3 Å². The van der Waals surface area contributed by atoms with E-state index >= 15 is 0 Å². The van der Waals surface area contributed by atoms with Gasteiger partial charge in [-0.15, -0.1) is 0 Å². The van der Waals surface area contributed by atoms with Gasteiger partial charge in [0, 0.05) is 18.2 Å². The molecule has 5 nitrogen and oxygen atoms in total. The second kappa shape index (κ2) is 5.98. The van der Waals surface area contributed by atoms with Gasteiger partial charge >= 0.3 is 5.97 Å². The molecule has 1 aromatic carbocycles. The van der Waals surface area contributed by atoms with Crippen molar-refractivity contribution in [2.75, 3.05) is 21.3 Å². The molecule has 0 spiro atoms. The number of benzene rings is 1. The average molecular weight is 240 g/mol. The standard InChI is InChI=1S/C12H16O5/c1-8(12(13)16-4)17-11-6-9(14-2)5-10(7-11)15-3/h5-8H,1-4H3/t8-/m0/s1. The van der Waals surface area contributed by atoms with Crippen molar-refractivity contribution in [1.82, 2.24) is 0 Å². The summed E-state index contributed by atoms with van der Waals surface area (Å²) >= 11 is 0. The number of hydrogen-bond donors (Lipinski definition) is 0. The van der Waals surface area contributed by atoms with Crippen LogP contribution in [-0.4, -0.2) is 33.4 Å². The highest BCUT2D eigenvalue weighted by Gasteiger charge is 2.15. The minimum Gasteiger partial charge on any atom is -0.496 e. The minimum absolute atomic E-state index is 0.438. The molecule has 0 N–H and O–H groups in total. The van der Waals surface area contributed by atoms with Crippen LogP contribution in [-0.2, 0) is 9.53 Å². The molecule has 0 bridgehead atoms. The second-order valence-corrected chi connectivity index (χ2v) is 3.33. The molecule has 0 aromatic heterocycles. The van der Waals surface area contributed by atoms with Gasteiger partial charge in [-0.25, -0.2) is 4.79 Å². The Bertz CT molecular complexity index is 366. The van der Waals surface area contributed by atoms with Crippen LogP contribution in [0.2, 0.25) is 0 Å². The van der Waals surface area contributed by atoms with Crippen LogP contribution in [0.5, 0.6) is 17.2 Å². The van der Waals surface area contributed by atoms with E-state index in [0.717, 1.165) is 0 Å². The molecule has 0 heterocycles. The molecule has 94 valence electrons. The molecule has 0 saturated heterocycles. The number of hydrogen-bond acceptors (Lipinski definition) is 5. The molecule has 0 aliphatic heterocycles. The van der Waals surface area contributed by atoms with Crippen LogP contribution in [0, 0.1) is 0 Å². The molecular weight excluding hydrogens is 224 g/mol. The molecule has 5 heteroatoms. The predicted octanol–water partition coefficient (Wildman–Crippen LogP) is 1.64. The smallest absolute Gasteiger partial charge is 0.346 e. The van der Waals surface area contributed by atoms with E-state index in [9.17, 15) is 4.79 Å². The molecule has 1 atom stereocenters. The Kier molecular flexibility index (Phi) is 4.63. The van der Waals surface area contributed by atoms with E-state index in [1.807, 2.05) is 0 Å². The van der Waals surface area contributed by atoms with E-state index in [4.69, 9.17) is 14.2 Å². The Labute approximate surface area is 100 Å². The Morgan fingerprint density at radius 2 is 1.47 bits per heavy atom. The summed E-state index contributed by atoms with van der Waals surface area (Å²) in [5, 5.41) is 0. The van der Waals surface area contributed by atoms with Crippen LogP contribution < -0.4 is 14.2 Å². The van der Waals surface area contributed by atoms with Gasteiger partial charge in [0.2, 0.25) is 0 Å². The molecule has 0 unspecified atom stereocenters. The van der Waals surface area contributed by atoms with Crippen LogP contribution >= 0.6 is 0 Å². The highest BCUT2D eigenvalue weighted by molar-refractivity contribution is 5.74. The Morgan fingerprint density at radius 1 is 1.00 bits per heavy atom. The summed E-state index contributed by atoms with van der Waals surface area (Å²) in [6.07, 6.45) is -0.684. The molecule has 0 radical (unpaired) electrons. The highest BCUT2D eigenvalue weighted by Crippen LogP contribution is 2.28. The van der Waals surface area contributed by atoms with E-state index in [-0.39, 0.29) is 0 Å². The Hall–Kier alpha value is -1.91. The third kappa shape index (κ3) is 3.55. The lowest BCUT2D eigenvalue weighted by molar-refractivity contribution is -0.147. The number of methoxy groups -OCH3 is 3. The molecule has 0 aliphatic carbocycles. The fourth-order valence-electron chi connectivity index (χ4n) is 1.27. The maximum atomic E-state index is 11.2. The summed E-state index contributed by atoms with van der Waals surface area (Å²) in [5.41, 5.74) is 0. The van der Waals surface area contributed by atoms with Gasteiger partial charge in [0.05, 0.1) is 21.3 Å². The first-order valence-corrected chi connectivity index (χ1v) is 5.08. The van der Waals surface area contributed by atoms with Crippen molar-refractivity contribution >= 4 is 5.97 Å². The number of rotatable bonds is 5. The van der Waals surface area contributed by atoms with Crippen LogP contribution in [0.15, 0.2) is 18.2 Å². The van der Waals surface area contributed by atoms with Crippen molar-refractivity contribution < 1.29 is 23.7 Å². The van der Waals surface area contributed by atoms with Crippen molar-refractivity contribution in [3.63, 3.8) is 0 Å². The largest absolute Gasteiger partial charge is 0.496 e. The zero-order valence-corrected chi connectivity index (χ0v) is 10.4. The quantitative estimate of drug-likeness (QED) is 0.732. The lowest BCUT2D eigenvalue weighted by Crippen LogP contribution is -2.24. The normalized spacial score (nSPS) is 11.5. The van der Waals surface area contributed by atoms with Crippen LogP contribution in [0.1, 0.15) is 6.92 Å². The second-order valence-electron chi connectivity index (χ2n) is 3.33. The van der Waals surface area contributed by atoms with Crippen molar-refractivity contribution in [3.05, 3.63) is 18.2 Å². The summed E-state index contributed by atoms with van der Waals surface area (Å²) in [6, 6.07) is 5.06. The molecule has 0 aliphatic rings. The van der Waals surface area contributed by atoms with E-state index in [2.05, 4.69) is 4.74 Å². The number of carbonyl (C=O) groups excluding carboxylic acids is 1. The third-order valence-electron chi connectivity index (χ3n) is 2.17. The number of carbonyl (C=O) groups is 1. The SMILES string of the molecule is COC(=O)[C@H](C)Oc1cc(OC)cc(OC)c1. The minimum atomic E-state index is -0.684. The fourth-order valence-corrected chi connectivity index (χ4v) is 1.27. The fraction of sp³-hybridized carbons (Fsp3) is 0.417. The lowest BCUT2D eigenvalue weighted by Gasteiger charge is -2.14. The third-order valence-corrected chi connectivity index (χ3v) is 2.17. The zero-order valence-electron chi connectivity index (χ0n) is 10.4. The van der Waals surface area contributed by atoms with Crippen molar-refractivity contribution in [2.45, 2.75) is 13.0 Å². The van der Waals surface area contributed by atoms with Crippen LogP contribution in [0.3, 0.4) is 0 Å². The van der Waals surface area contributed by atoms with Crippen molar-refractivity contribution in [1.29, 1.82) is 0 Å². The first kappa shape index (κ1) is 13.2. The van der Waals surface area contributed by atoms with Gasteiger partial charge in [0.15, 0.2) is 6.10 Å². The van der Waals surface area contributed by atoms with Gasteiger partial charge in [-0.3, -0.25) is 0 Å². The van der Waals surface area contributed by atoms with Crippen LogP contribution in [0.4, 0.5) is 0 Å². The maximum Gasteiger partial charge on any atom is 0.346 e. The monoisotopic (exact) mass is 240 g/mol. The van der Waals surface area contributed by atoms with Gasteiger partial charge < -0.3 is 18.9 Å². The number of ether oxygens (including phenoxy) is 4. The summed E-state index contributed by atoms with van der Waals surface area (Å²) in [4.78, 5) is 11.2. The van der Waals surface area contributed by atoms with Gasteiger partial charge in [0.25, 0.3) is 0 Å². The summed E-state index contributed by atoms with van der Waals surface area (Å²) in [7, 11) is 4.40. The first-order valence-electron chi connectivity index (χ1n) is 5.08. The Balaban J connectivity index is 2.86. The lowest BCUT2D eigenvalue weighted by atomic mass is 10.3. The summed E-state index contributed by atoms with van der Waals surface area (Å²) < 4.78 is 20.2. The van der Waals surface area contributed by atoms with Crippen molar-refractivity contribution in [3.8, 4) is 17.2 Å². The summed E-state index contributed by atoms with van der Waals surface area (Å²) in [5.74, 6) is 1.23. The Morgan fingerprint density at radius 3 is 1.88 bits per heavy atom.